The highest BCUT2D eigenvalue weighted by atomic mass is 32.2. The Bertz CT molecular complexity index is 1120. The number of sulfonamides is 1. The molecule has 0 saturated carbocycles. The van der Waals surface area contributed by atoms with E-state index in [1.165, 1.54) is 12.1 Å². The summed E-state index contributed by atoms with van der Waals surface area (Å²) in [6.45, 7) is 1.52. The Balaban J connectivity index is 1.37. The van der Waals surface area contributed by atoms with Crippen molar-refractivity contribution in [3.63, 3.8) is 0 Å². The van der Waals surface area contributed by atoms with E-state index in [1.807, 2.05) is 28.8 Å². The summed E-state index contributed by atoms with van der Waals surface area (Å²) in [6.07, 6.45) is 6.34. The minimum Gasteiger partial charge on any atom is -0.352 e. The highest BCUT2D eigenvalue weighted by Gasteiger charge is 2.25. The number of benzene rings is 1. The molecule has 1 aliphatic rings. The number of aromatic nitrogens is 3. The lowest BCUT2D eigenvalue weighted by Gasteiger charge is -2.20. The number of nitrogens with one attached hydrogen (secondary N) is 1. The molecule has 0 bridgehead atoms. The average Bonchev–Trinajstić information content (AvgIpc) is 2.97. The van der Waals surface area contributed by atoms with E-state index < -0.39 is 10.0 Å². The van der Waals surface area contributed by atoms with Crippen LogP contribution in [0.15, 0.2) is 53.6 Å². The number of fused-ring (bicyclic) bond motifs is 1. The molecule has 30 heavy (non-hydrogen) atoms. The minimum atomic E-state index is -3.51. The molecular formula is C21H25N5O3S. The number of hydrogen-bond donors (Lipinski definition) is 1. The molecule has 0 spiro atoms. The third-order valence-electron chi connectivity index (χ3n) is 5.34. The third-order valence-corrected chi connectivity index (χ3v) is 7.25. The van der Waals surface area contributed by atoms with Crippen LogP contribution < -0.4 is 5.32 Å². The summed E-state index contributed by atoms with van der Waals surface area (Å²) in [5.74, 6) is 0.521. The van der Waals surface area contributed by atoms with Crippen molar-refractivity contribution in [2.45, 2.75) is 37.0 Å². The minimum absolute atomic E-state index is 0.232. The molecule has 1 aromatic carbocycles. The predicted molar refractivity (Wildman–Crippen MR) is 113 cm³/mol. The molecule has 0 aliphatic carbocycles. The van der Waals surface area contributed by atoms with Gasteiger partial charge in [-0.2, -0.15) is 4.31 Å². The fourth-order valence-corrected chi connectivity index (χ4v) is 5.18. The van der Waals surface area contributed by atoms with Crippen LogP contribution >= 0.6 is 0 Å². The lowest BCUT2D eigenvalue weighted by Crippen LogP contribution is -2.32. The second kappa shape index (κ2) is 8.93. The Hall–Kier alpha value is -2.78. The first kappa shape index (κ1) is 20.5. The summed E-state index contributed by atoms with van der Waals surface area (Å²) in [6, 6.07) is 11.8. The molecule has 2 aromatic heterocycles. The van der Waals surface area contributed by atoms with E-state index in [-0.39, 0.29) is 10.8 Å². The van der Waals surface area contributed by atoms with Gasteiger partial charge in [-0.3, -0.25) is 9.20 Å². The fraction of sp³-hybridized carbons (Fsp3) is 0.381. The van der Waals surface area contributed by atoms with Gasteiger partial charge in [0.2, 0.25) is 10.0 Å². The SMILES string of the molecule is O=C(NCCc1nnc2ccccn12)c1ccc(S(=O)(=O)N2CCCCCC2)cc1. The van der Waals surface area contributed by atoms with Crippen LogP contribution in [0.3, 0.4) is 0 Å². The lowest BCUT2D eigenvalue weighted by molar-refractivity contribution is 0.0954. The Morgan fingerprint density at radius 1 is 0.967 bits per heavy atom. The highest BCUT2D eigenvalue weighted by molar-refractivity contribution is 7.89. The van der Waals surface area contributed by atoms with E-state index in [0.29, 0.717) is 31.6 Å². The van der Waals surface area contributed by atoms with E-state index in [4.69, 9.17) is 0 Å². The van der Waals surface area contributed by atoms with Gasteiger partial charge in [-0.05, 0) is 49.2 Å². The van der Waals surface area contributed by atoms with Gasteiger partial charge in [0.15, 0.2) is 5.65 Å². The van der Waals surface area contributed by atoms with E-state index in [9.17, 15) is 13.2 Å². The summed E-state index contributed by atoms with van der Waals surface area (Å²) < 4.78 is 29.1. The normalized spacial score (nSPS) is 15.7. The van der Waals surface area contributed by atoms with Gasteiger partial charge >= 0.3 is 0 Å². The van der Waals surface area contributed by atoms with Crippen molar-refractivity contribution in [2.24, 2.45) is 0 Å². The largest absolute Gasteiger partial charge is 0.352 e. The second-order valence-electron chi connectivity index (χ2n) is 7.39. The maximum atomic E-state index is 12.8. The van der Waals surface area contributed by atoms with Crippen LogP contribution in [-0.2, 0) is 16.4 Å². The Labute approximate surface area is 176 Å². The Kier molecular flexibility index (Phi) is 6.10. The van der Waals surface area contributed by atoms with Crippen molar-refractivity contribution < 1.29 is 13.2 Å². The van der Waals surface area contributed by atoms with Crippen LogP contribution in [0.4, 0.5) is 0 Å². The molecule has 158 valence electrons. The van der Waals surface area contributed by atoms with Gasteiger partial charge in [0.25, 0.3) is 5.91 Å². The van der Waals surface area contributed by atoms with Crippen LogP contribution in [0.5, 0.6) is 0 Å². The molecule has 1 saturated heterocycles. The van der Waals surface area contributed by atoms with Crippen LogP contribution in [0.2, 0.25) is 0 Å². The number of amides is 1. The second-order valence-corrected chi connectivity index (χ2v) is 9.33. The highest BCUT2D eigenvalue weighted by Crippen LogP contribution is 2.20. The molecule has 1 N–H and O–H groups in total. The van der Waals surface area contributed by atoms with Crippen LogP contribution in [-0.4, -0.2) is 52.9 Å². The quantitative estimate of drug-likeness (QED) is 0.651. The number of carbonyl (C=O) groups excluding carboxylic acids is 1. The van der Waals surface area contributed by atoms with Crippen LogP contribution in [0, 0.1) is 0 Å². The topological polar surface area (TPSA) is 96.7 Å². The number of hydrogen-bond acceptors (Lipinski definition) is 5. The van der Waals surface area contributed by atoms with Crippen molar-refractivity contribution >= 4 is 21.6 Å². The Morgan fingerprint density at radius 3 is 2.43 bits per heavy atom. The summed E-state index contributed by atoms with van der Waals surface area (Å²) in [7, 11) is -3.51. The summed E-state index contributed by atoms with van der Waals surface area (Å²) in [5.41, 5.74) is 1.19. The van der Waals surface area contributed by atoms with Crippen molar-refractivity contribution in [1.29, 1.82) is 0 Å². The molecule has 1 fully saturated rings. The average molecular weight is 428 g/mol. The molecule has 0 atom stereocenters. The number of rotatable bonds is 6. The zero-order valence-electron chi connectivity index (χ0n) is 16.7. The van der Waals surface area contributed by atoms with Gasteiger partial charge in [0.05, 0.1) is 4.90 Å². The zero-order chi connectivity index (χ0) is 21.0. The first-order valence-electron chi connectivity index (χ1n) is 10.2. The van der Waals surface area contributed by atoms with E-state index in [0.717, 1.165) is 37.2 Å². The summed E-state index contributed by atoms with van der Waals surface area (Å²) in [4.78, 5) is 12.7. The number of nitrogens with zero attached hydrogens (tertiary/aromatic N) is 4. The maximum Gasteiger partial charge on any atom is 0.251 e. The Morgan fingerprint density at radius 2 is 1.70 bits per heavy atom. The van der Waals surface area contributed by atoms with Gasteiger partial charge in [0, 0.05) is 37.8 Å². The van der Waals surface area contributed by atoms with Crippen molar-refractivity contribution in [2.75, 3.05) is 19.6 Å². The molecule has 0 radical (unpaired) electrons. The lowest BCUT2D eigenvalue weighted by atomic mass is 10.2. The zero-order valence-corrected chi connectivity index (χ0v) is 17.5. The molecule has 9 heteroatoms. The van der Waals surface area contributed by atoms with E-state index >= 15 is 0 Å². The molecule has 1 aliphatic heterocycles. The first-order chi connectivity index (χ1) is 14.6. The maximum absolute atomic E-state index is 12.8. The molecule has 8 nitrogen and oxygen atoms in total. The summed E-state index contributed by atoms with van der Waals surface area (Å²) in [5, 5.41) is 11.1. The fourth-order valence-electron chi connectivity index (χ4n) is 3.66. The van der Waals surface area contributed by atoms with Gasteiger partial charge in [-0.15, -0.1) is 10.2 Å². The van der Waals surface area contributed by atoms with Gasteiger partial charge in [-0.1, -0.05) is 18.9 Å². The molecule has 0 unspecified atom stereocenters. The first-order valence-corrected chi connectivity index (χ1v) is 11.7. The van der Waals surface area contributed by atoms with E-state index in [2.05, 4.69) is 15.5 Å². The number of pyridine rings is 1. The van der Waals surface area contributed by atoms with Crippen molar-refractivity contribution in [1.82, 2.24) is 24.2 Å². The third kappa shape index (κ3) is 4.36. The molecular weight excluding hydrogens is 402 g/mol. The number of carbonyl (C=O) groups is 1. The molecule has 4 rings (SSSR count). The molecule has 3 heterocycles. The van der Waals surface area contributed by atoms with Gasteiger partial charge in [0.1, 0.15) is 5.82 Å². The van der Waals surface area contributed by atoms with Gasteiger partial charge < -0.3 is 5.32 Å². The standard InChI is InChI=1S/C21H25N5O3S/c27-21(22-13-12-20-24-23-19-7-3-6-16-26(19)20)17-8-10-18(11-9-17)30(28,29)25-14-4-1-2-5-15-25/h3,6-11,16H,1-2,4-5,12-15H2,(H,22,27). The monoisotopic (exact) mass is 427 g/mol. The predicted octanol–water partition coefficient (Wildman–Crippen LogP) is 2.27. The van der Waals surface area contributed by atoms with Crippen molar-refractivity contribution in [3.8, 4) is 0 Å². The molecule has 3 aromatic rings. The smallest absolute Gasteiger partial charge is 0.251 e. The van der Waals surface area contributed by atoms with E-state index in [1.54, 1.807) is 16.4 Å². The van der Waals surface area contributed by atoms with Crippen LogP contribution in [0.1, 0.15) is 41.9 Å². The summed E-state index contributed by atoms with van der Waals surface area (Å²) >= 11 is 0. The van der Waals surface area contributed by atoms with Crippen molar-refractivity contribution in [3.05, 3.63) is 60.0 Å². The molecule has 1 amide bonds. The van der Waals surface area contributed by atoms with Crippen LogP contribution in [0.25, 0.3) is 5.65 Å². The van der Waals surface area contributed by atoms with Gasteiger partial charge in [-0.25, -0.2) is 8.42 Å².